The van der Waals surface area contributed by atoms with Crippen molar-refractivity contribution in [1.29, 1.82) is 0 Å². The molecule has 106 valence electrons. The Bertz CT molecular complexity index is 255. The second-order valence-electron chi connectivity index (χ2n) is 5.79. The summed E-state index contributed by atoms with van der Waals surface area (Å²) in [7, 11) is 0. The van der Waals surface area contributed by atoms with Crippen molar-refractivity contribution < 1.29 is 14.7 Å². The Hall–Kier alpha value is -1.26. The fourth-order valence-electron chi connectivity index (χ4n) is 1.71. The number of nitrogens with one attached hydrogen (secondary N) is 2. The molecule has 1 atom stereocenters. The van der Waals surface area contributed by atoms with Crippen molar-refractivity contribution in [3.8, 4) is 0 Å². The Morgan fingerprint density at radius 2 is 1.78 bits per heavy atom. The molecule has 2 amide bonds. The third-order valence-electron chi connectivity index (χ3n) is 3.34. The molecule has 1 unspecified atom stereocenters. The van der Waals surface area contributed by atoms with Crippen LogP contribution in [0.4, 0.5) is 4.79 Å². The summed E-state index contributed by atoms with van der Waals surface area (Å²) < 4.78 is 0. The SMILES string of the molecule is CC(NC(=O)NC1CCCC1)C(C)(C)C.O=CO. The molecule has 0 aromatic carbocycles. The Kier molecular flexibility index (Phi) is 7.39. The van der Waals surface area contributed by atoms with E-state index in [4.69, 9.17) is 9.90 Å². The quantitative estimate of drug-likeness (QED) is 0.665. The largest absolute Gasteiger partial charge is 0.483 e. The van der Waals surface area contributed by atoms with Crippen molar-refractivity contribution in [2.45, 2.75) is 65.5 Å². The second-order valence-corrected chi connectivity index (χ2v) is 5.79. The number of hydrogen-bond donors (Lipinski definition) is 3. The van der Waals surface area contributed by atoms with E-state index in [0.29, 0.717) is 6.04 Å². The molecule has 0 bridgehead atoms. The molecule has 18 heavy (non-hydrogen) atoms. The first-order chi connectivity index (χ1) is 8.31. The van der Waals surface area contributed by atoms with E-state index in [1.54, 1.807) is 0 Å². The van der Waals surface area contributed by atoms with Gasteiger partial charge in [-0.1, -0.05) is 33.6 Å². The average Bonchev–Trinajstić information content (AvgIpc) is 2.69. The lowest BCUT2D eigenvalue weighted by molar-refractivity contribution is -0.122. The summed E-state index contributed by atoms with van der Waals surface area (Å²) in [6, 6.07) is 0.584. The molecule has 0 aliphatic heterocycles. The van der Waals surface area contributed by atoms with Gasteiger partial charge in [-0.05, 0) is 25.2 Å². The van der Waals surface area contributed by atoms with Crippen LogP contribution in [-0.4, -0.2) is 29.7 Å². The van der Waals surface area contributed by atoms with E-state index in [1.165, 1.54) is 12.8 Å². The molecular weight excluding hydrogens is 232 g/mol. The Labute approximate surface area is 109 Å². The van der Waals surface area contributed by atoms with Crippen LogP contribution in [0.15, 0.2) is 0 Å². The van der Waals surface area contributed by atoms with Crippen LogP contribution in [0.5, 0.6) is 0 Å². The average molecular weight is 258 g/mol. The highest BCUT2D eigenvalue weighted by atomic mass is 16.3. The van der Waals surface area contributed by atoms with Crippen molar-refractivity contribution in [3.63, 3.8) is 0 Å². The van der Waals surface area contributed by atoms with Gasteiger partial charge in [-0.15, -0.1) is 0 Å². The molecule has 1 saturated carbocycles. The van der Waals surface area contributed by atoms with E-state index >= 15 is 0 Å². The number of hydrogen-bond acceptors (Lipinski definition) is 2. The molecule has 1 rings (SSSR count). The van der Waals surface area contributed by atoms with E-state index in [-0.39, 0.29) is 24.0 Å². The minimum absolute atomic E-state index is 0.00988. The normalized spacial score (nSPS) is 17.3. The van der Waals surface area contributed by atoms with Crippen LogP contribution in [0.1, 0.15) is 53.4 Å². The molecule has 5 nitrogen and oxygen atoms in total. The van der Waals surface area contributed by atoms with Gasteiger partial charge in [-0.25, -0.2) is 4.79 Å². The van der Waals surface area contributed by atoms with Crippen molar-refractivity contribution in [3.05, 3.63) is 0 Å². The minimum Gasteiger partial charge on any atom is -0.483 e. The predicted octanol–water partition coefficient (Wildman–Crippen LogP) is 2.36. The van der Waals surface area contributed by atoms with E-state index in [2.05, 4.69) is 31.4 Å². The molecule has 0 aromatic heterocycles. The van der Waals surface area contributed by atoms with E-state index in [1.807, 2.05) is 6.92 Å². The fourth-order valence-corrected chi connectivity index (χ4v) is 1.71. The van der Waals surface area contributed by atoms with Gasteiger partial charge in [0.25, 0.3) is 6.47 Å². The van der Waals surface area contributed by atoms with Gasteiger partial charge >= 0.3 is 6.03 Å². The summed E-state index contributed by atoms with van der Waals surface area (Å²) in [4.78, 5) is 20.0. The third kappa shape index (κ3) is 7.14. The first kappa shape index (κ1) is 16.7. The van der Waals surface area contributed by atoms with E-state index < -0.39 is 0 Å². The van der Waals surface area contributed by atoms with Crippen LogP contribution < -0.4 is 10.6 Å². The van der Waals surface area contributed by atoms with E-state index in [9.17, 15) is 4.79 Å². The van der Waals surface area contributed by atoms with Crippen LogP contribution in [0.25, 0.3) is 0 Å². The summed E-state index contributed by atoms with van der Waals surface area (Å²) in [5, 5.41) is 12.9. The molecule has 1 aliphatic rings. The maximum absolute atomic E-state index is 11.6. The van der Waals surface area contributed by atoms with E-state index in [0.717, 1.165) is 12.8 Å². The van der Waals surface area contributed by atoms with Crippen LogP contribution in [0, 0.1) is 5.41 Å². The second kappa shape index (κ2) is 7.95. The number of carbonyl (C=O) groups is 2. The molecule has 0 spiro atoms. The van der Waals surface area contributed by atoms with Crippen LogP contribution in [0.2, 0.25) is 0 Å². The van der Waals surface area contributed by atoms with Gasteiger partial charge in [0, 0.05) is 12.1 Å². The molecule has 0 heterocycles. The van der Waals surface area contributed by atoms with Gasteiger partial charge in [0.05, 0.1) is 0 Å². The van der Waals surface area contributed by atoms with Gasteiger partial charge in [-0.3, -0.25) is 4.79 Å². The third-order valence-corrected chi connectivity index (χ3v) is 3.34. The number of carbonyl (C=O) groups excluding carboxylic acids is 1. The van der Waals surface area contributed by atoms with Crippen molar-refractivity contribution in [2.75, 3.05) is 0 Å². The van der Waals surface area contributed by atoms with Crippen LogP contribution >= 0.6 is 0 Å². The highest BCUT2D eigenvalue weighted by Crippen LogP contribution is 2.19. The first-order valence-electron chi connectivity index (χ1n) is 6.46. The smallest absolute Gasteiger partial charge is 0.315 e. The van der Waals surface area contributed by atoms with Crippen LogP contribution in [0.3, 0.4) is 0 Å². The summed E-state index contributed by atoms with van der Waals surface area (Å²) in [5.74, 6) is 0. The maximum atomic E-state index is 11.6. The molecule has 3 N–H and O–H groups in total. The standard InChI is InChI=1S/C12H24N2O.CH2O2/c1-9(12(2,3)4)13-11(15)14-10-7-5-6-8-10;2-1-3/h9-10H,5-8H2,1-4H3,(H2,13,14,15);1H,(H,2,3). The summed E-state index contributed by atoms with van der Waals surface area (Å²) in [5.41, 5.74) is 0.118. The lowest BCUT2D eigenvalue weighted by Gasteiger charge is -2.28. The van der Waals surface area contributed by atoms with Gasteiger partial charge in [-0.2, -0.15) is 0 Å². The lowest BCUT2D eigenvalue weighted by atomic mass is 9.88. The number of rotatable bonds is 2. The zero-order chi connectivity index (χ0) is 14.2. The van der Waals surface area contributed by atoms with Gasteiger partial charge in [0.1, 0.15) is 0 Å². The van der Waals surface area contributed by atoms with Crippen molar-refractivity contribution in [2.24, 2.45) is 5.41 Å². The van der Waals surface area contributed by atoms with Gasteiger partial charge in [0.15, 0.2) is 0 Å². The highest BCUT2D eigenvalue weighted by Gasteiger charge is 2.23. The summed E-state index contributed by atoms with van der Waals surface area (Å²) in [6.07, 6.45) is 4.77. The minimum atomic E-state index is -0.250. The Morgan fingerprint density at radius 3 is 2.17 bits per heavy atom. The summed E-state index contributed by atoms with van der Waals surface area (Å²) in [6.45, 7) is 8.20. The Morgan fingerprint density at radius 1 is 1.33 bits per heavy atom. The van der Waals surface area contributed by atoms with Gasteiger partial charge < -0.3 is 15.7 Å². The predicted molar refractivity (Wildman–Crippen MR) is 71.5 cm³/mol. The lowest BCUT2D eigenvalue weighted by Crippen LogP contribution is -2.48. The molecule has 0 radical (unpaired) electrons. The fraction of sp³-hybridized carbons (Fsp3) is 0.846. The number of urea groups is 1. The number of carboxylic acid groups (broad SMARTS) is 1. The van der Waals surface area contributed by atoms with Gasteiger partial charge in [0.2, 0.25) is 0 Å². The molecule has 1 fully saturated rings. The molecule has 1 aliphatic carbocycles. The molecule has 0 saturated heterocycles. The molecule has 0 aromatic rings. The summed E-state index contributed by atoms with van der Waals surface area (Å²) >= 11 is 0. The highest BCUT2D eigenvalue weighted by molar-refractivity contribution is 5.74. The number of amides is 2. The van der Waals surface area contributed by atoms with Crippen LogP contribution in [-0.2, 0) is 4.79 Å². The van der Waals surface area contributed by atoms with Crippen molar-refractivity contribution >= 4 is 12.5 Å². The Balaban J connectivity index is 0.000000873. The van der Waals surface area contributed by atoms with Crippen molar-refractivity contribution in [1.82, 2.24) is 10.6 Å². The zero-order valence-electron chi connectivity index (χ0n) is 11.8. The maximum Gasteiger partial charge on any atom is 0.315 e. The topological polar surface area (TPSA) is 78.4 Å². The molecular formula is C13H26N2O3. The first-order valence-corrected chi connectivity index (χ1v) is 6.46. The zero-order valence-corrected chi connectivity index (χ0v) is 11.8. The molecule has 5 heteroatoms. The monoisotopic (exact) mass is 258 g/mol.